The molecular formula is C49H32N2O. The minimum absolute atomic E-state index is 0.850. The lowest BCUT2D eigenvalue weighted by atomic mass is 9.92. The molecule has 2 aromatic heterocycles. The molecule has 0 aliphatic carbocycles. The van der Waals surface area contributed by atoms with E-state index < -0.39 is 0 Å². The number of fused-ring (bicyclic) bond motifs is 5. The van der Waals surface area contributed by atoms with Gasteiger partial charge < -0.3 is 9.32 Å². The average Bonchev–Trinajstić information content (AvgIpc) is 3.59. The molecule has 0 spiro atoms. The van der Waals surface area contributed by atoms with E-state index in [1.807, 2.05) is 18.5 Å². The van der Waals surface area contributed by atoms with Crippen molar-refractivity contribution in [3.63, 3.8) is 0 Å². The lowest BCUT2D eigenvalue weighted by Gasteiger charge is -2.27. The Morgan fingerprint density at radius 3 is 1.65 bits per heavy atom. The lowest BCUT2D eigenvalue weighted by Crippen LogP contribution is -2.10. The van der Waals surface area contributed by atoms with Crippen molar-refractivity contribution in [1.82, 2.24) is 4.98 Å². The summed E-state index contributed by atoms with van der Waals surface area (Å²) in [5, 5.41) is 6.82. The summed E-state index contributed by atoms with van der Waals surface area (Å²) in [5.41, 5.74) is 12.1. The van der Waals surface area contributed by atoms with E-state index in [1.165, 1.54) is 44.2 Å². The average molecular weight is 665 g/mol. The van der Waals surface area contributed by atoms with E-state index in [9.17, 15) is 0 Å². The number of anilines is 3. The SMILES string of the molecule is c1ccc(-c2ccc(N(c3ccc(-c4ccc(-c5ccccc5)c5ccccc45)cc3)c3cccc4oc5cc6ccncc6cc5c34)cc2)cc1. The number of pyridine rings is 1. The summed E-state index contributed by atoms with van der Waals surface area (Å²) in [7, 11) is 0. The standard InChI is InChI=1S/C49H32N2O/c1-3-10-33(11-4-1)34-18-22-39(23-19-34)51(46-16-9-17-47-49(46)45-30-38-32-50-29-28-37(38)31-48(45)52-47)40-24-20-36(21-25-40)42-27-26-41(35-12-5-2-6-13-35)43-14-7-8-15-44(42)43/h1-32H. The molecular weight excluding hydrogens is 633 g/mol. The second kappa shape index (κ2) is 12.4. The number of rotatable bonds is 6. The van der Waals surface area contributed by atoms with Crippen LogP contribution in [0.4, 0.5) is 17.1 Å². The zero-order valence-electron chi connectivity index (χ0n) is 28.3. The Kier molecular flexibility index (Phi) is 7.14. The van der Waals surface area contributed by atoms with Crippen molar-refractivity contribution in [2.24, 2.45) is 0 Å². The van der Waals surface area contributed by atoms with Gasteiger partial charge in [-0.05, 0) is 104 Å². The Balaban J connectivity index is 1.13. The monoisotopic (exact) mass is 664 g/mol. The summed E-state index contributed by atoms with van der Waals surface area (Å²) in [5.74, 6) is 0. The first-order chi connectivity index (χ1) is 25.8. The molecule has 0 fully saturated rings. The first-order valence-corrected chi connectivity index (χ1v) is 17.6. The summed E-state index contributed by atoms with van der Waals surface area (Å²) < 4.78 is 6.51. The zero-order valence-corrected chi connectivity index (χ0v) is 28.3. The zero-order chi connectivity index (χ0) is 34.4. The molecule has 52 heavy (non-hydrogen) atoms. The Bertz CT molecular complexity index is 2880. The molecule has 3 nitrogen and oxygen atoms in total. The highest BCUT2D eigenvalue weighted by Gasteiger charge is 2.20. The Labute approximate surface area is 301 Å². The van der Waals surface area contributed by atoms with E-state index in [2.05, 4.69) is 186 Å². The van der Waals surface area contributed by atoms with E-state index in [-0.39, 0.29) is 0 Å². The molecule has 0 aliphatic heterocycles. The van der Waals surface area contributed by atoms with Crippen molar-refractivity contribution in [3.8, 4) is 33.4 Å². The van der Waals surface area contributed by atoms with Crippen molar-refractivity contribution < 1.29 is 4.42 Å². The van der Waals surface area contributed by atoms with Crippen LogP contribution in [0.1, 0.15) is 0 Å². The molecule has 244 valence electrons. The quantitative estimate of drug-likeness (QED) is 0.177. The van der Waals surface area contributed by atoms with Crippen molar-refractivity contribution in [2.45, 2.75) is 0 Å². The van der Waals surface area contributed by atoms with Crippen molar-refractivity contribution >= 4 is 60.5 Å². The van der Waals surface area contributed by atoms with Crippen LogP contribution in [-0.4, -0.2) is 4.98 Å². The molecule has 0 saturated carbocycles. The van der Waals surface area contributed by atoms with Crippen LogP contribution in [0, 0.1) is 0 Å². The summed E-state index contributed by atoms with van der Waals surface area (Å²) in [6, 6.07) is 64.9. The molecule has 0 saturated heterocycles. The fourth-order valence-electron chi connectivity index (χ4n) is 7.65. The highest BCUT2D eigenvalue weighted by atomic mass is 16.3. The maximum Gasteiger partial charge on any atom is 0.137 e. The molecule has 0 radical (unpaired) electrons. The molecule has 0 bridgehead atoms. The molecule has 0 unspecified atom stereocenters. The maximum atomic E-state index is 6.51. The molecule has 10 aromatic rings. The summed E-state index contributed by atoms with van der Waals surface area (Å²) >= 11 is 0. The molecule has 0 amide bonds. The molecule has 8 aromatic carbocycles. The van der Waals surface area contributed by atoms with Gasteiger partial charge in [0.1, 0.15) is 11.2 Å². The first kappa shape index (κ1) is 29.9. The van der Waals surface area contributed by atoms with Gasteiger partial charge in [0, 0.05) is 34.5 Å². The van der Waals surface area contributed by atoms with Gasteiger partial charge in [0.25, 0.3) is 0 Å². The van der Waals surface area contributed by atoms with E-state index >= 15 is 0 Å². The van der Waals surface area contributed by atoms with Gasteiger partial charge in [0.15, 0.2) is 0 Å². The van der Waals surface area contributed by atoms with Crippen molar-refractivity contribution in [2.75, 3.05) is 4.90 Å². The van der Waals surface area contributed by atoms with Crippen LogP contribution in [0.3, 0.4) is 0 Å². The van der Waals surface area contributed by atoms with Gasteiger partial charge in [0.2, 0.25) is 0 Å². The minimum Gasteiger partial charge on any atom is -0.456 e. The van der Waals surface area contributed by atoms with Gasteiger partial charge >= 0.3 is 0 Å². The molecule has 0 N–H and O–H groups in total. The smallest absolute Gasteiger partial charge is 0.137 e. The third-order valence-electron chi connectivity index (χ3n) is 10.2. The molecule has 0 atom stereocenters. The number of furan rings is 1. The second-order valence-electron chi connectivity index (χ2n) is 13.2. The number of aromatic nitrogens is 1. The van der Waals surface area contributed by atoms with Crippen LogP contribution in [0.25, 0.3) is 76.9 Å². The summed E-state index contributed by atoms with van der Waals surface area (Å²) in [4.78, 5) is 6.75. The Hall–Kier alpha value is -6.97. The highest BCUT2D eigenvalue weighted by molar-refractivity contribution is 6.16. The van der Waals surface area contributed by atoms with Gasteiger partial charge in [-0.2, -0.15) is 0 Å². The van der Waals surface area contributed by atoms with Crippen LogP contribution in [0.2, 0.25) is 0 Å². The van der Waals surface area contributed by atoms with Crippen LogP contribution in [0.15, 0.2) is 199 Å². The third kappa shape index (κ3) is 5.10. The summed E-state index contributed by atoms with van der Waals surface area (Å²) in [6.07, 6.45) is 3.75. The fourth-order valence-corrected chi connectivity index (χ4v) is 7.65. The van der Waals surface area contributed by atoms with Crippen LogP contribution >= 0.6 is 0 Å². The van der Waals surface area contributed by atoms with Gasteiger partial charge in [-0.3, -0.25) is 4.98 Å². The molecule has 0 aliphatic rings. The molecule has 3 heteroatoms. The van der Waals surface area contributed by atoms with Crippen LogP contribution < -0.4 is 4.90 Å². The van der Waals surface area contributed by atoms with Crippen LogP contribution in [-0.2, 0) is 0 Å². The Morgan fingerprint density at radius 1 is 0.404 bits per heavy atom. The molecule has 2 heterocycles. The predicted octanol–water partition coefficient (Wildman–Crippen LogP) is 13.8. The Morgan fingerprint density at radius 2 is 0.981 bits per heavy atom. The topological polar surface area (TPSA) is 29.3 Å². The van der Waals surface area contributed by atoms with Gasteiger partial charge in [-0.1, -0.05) is 127 Å². The maximum absolute atomic E-state index is 6.51. The van der Waals surface area contributed by atoms with Gasteiger partial charge in [-0.15, -0.1) is 0 Å². The highest BCUT2D eigenvalue weighted by Crippen LogP contribution is 2.45. The lowest BCUT2D eigenvalue weighted by molar-refractivity contribution is 0.669. The van der Waals surface area contributed by atoms with Gasteiger partial charge in [0.05, 0.1) is 11.1 Å². The first-order valence-electron chi connectivity index (χ1n) is 17.6. The fraction of sp³-hybridized carbons (Fsp3) is 0. The number of benzene rings is 8. The third-order valence-corrected chi connectivity index (χ3v) is 10.2. The summed E-state index contributed by atoms with van der Waals surface area (Å²) in [6.45, 7) is 0. The van der Waals surface area contributed by atoms with E-state index in [0.717, 1.165) is 49.8 Å². The normalized spacial score (nSPS) is 11.5. The largest absolute Gasteiger partial charge is 0.456 e. The predicted molar refractivity (Wildman–Crippen MR) is 218 cm³/mol. The van der Waals surface area contributed by atoms with E-state index in [1.54, 1.807) is 0 Å². The number of nitrogens with zero attached hydrogens (tertiary/aromatic N) is 2. The minimum atomic E-state index is 0.850. The number of hydrogen-bond donors (Lipinski definition) is 0. The molecule has 10 rings (SSSR count). The second-order valence-corrected chi connectivity index (χ2v) is 13.2. The van der Waals surface area contributed by atoms with E-state index in [0.29, 0.717) is 0 Å². The van der Waals surface area contributed by atoms with Crippen LogP contribution in [0.5, 0.6) is 0 Å². The van der Waals surface area contributed by atoms with Crippen molar-refractivity contribution in [1.29, 1.82) is 0 Å². The van der Waals surface area contributed by atoms with E-state index in [4.69, 9.17) is 4.42 Å². The van der Waals surface area contributed by atoms with Crippen molar-refractivity contribution in [3.05, 3.63) is 194 Å². The number of hydrogen-bond acceptors (Lipinski definition) is 3. The van der Waals surface area contributed by atoms with Gasteiger partial charge in [-0.25, -0.2) is 0 Å².